The third-order valence-electron chi connectivity index (χ3n) is 4.25. The molecular formula is C21H20ClNO5S. The number of aryl methyl sites for hydroxylation is 1. The number of hydrogen-bond donors (Lipinski definition) is 1. The van der Waals surface area contributed by atoms with Crippen LogP contribution in [0.25, 0.3) is 0 Å². The first-order valence-electron chi connectivity index (χ1n) is 8.85. The van der Waals surface area contributed by atoms with Crippen molar-refractivity contribution >= 4 is 27.3 Å². The molecule has 3 aromatic rings. The van der Waals surface area contributed by atoms with Gasteiger partial charge in [0.25, 0.3) is 5.91 Å². The summed E-state index contributed by atoms with van der Waals surface area (Å²) in [6.07, 6.45) is 1.40. The van der Waals surface area contributed by atoms with E-state index in [1.165, 1.54) is 6.26 Å². The Morgan fingerprint density at radius 2 is 1.79 bits per heavy atom. The van der Waals surface area contributed by atoms with Crippen molar-refractivity contribution in [1.82, 2.24) is 5.32 Å². The molecule has 1 heterocycles. The Morgan fingerprint density at radius 3 is 2.41 bits per heavy atom. The normalized spacial score (nSPS) is 12.3. The smallest absolute Gasteiger partial charge is 0.257 e. The predicted octanol–water partition coefficient (Wildman–Crippen LogP) is 3.95. The van der Waals surface area contributed by atoms with Gasteiger partial charge in [-0.05, 0) is 55.5 Å². The van der Waals surface area contributed by atoms with Crippen molar-refractivity contribution in [3.63, 3.8) is 0 Å². The maximum atomic E-state index is 13.1. The molecule has 1 atom stereocenters. The lowest BCUT2D eigenvalue weighted by molar-refractivity contribution is -0.123. The van der Waals surface area contributed by atoms with Crippen molar-refractivity contribution in [2.75, 3.05) is 13.2 Å². The Labute approximate surface area is 174 Å². The molecule has 1 amide bonds. The summed E-state index contributed by atoms with van der Waals surface area (Å²) in [6, 6.07) is 16.3. The van der Waals surface area contributed by atoms with E-state index in [9.17, 15) is 13.2 Å². The second kappa shape index (κ2) is 9.15. The summed E-state index contributed by atoms with van der Waals surface area (Å²) in [5.41, 5.74) is 0.950. The molecule has 0 aliphatic carbocycles. The van der Waals surface area contributed by atoms with Gasteiger partial charge in [-0.25, -0.2) is 8.42 Å². The summed E-state index contributed by atoms with van der Waals surface area (Å²) >= 11 is 5.81. The lowest BCUT2D eigenvalue weighted by Gasteiger charge is -2.17. The molecule has 1 aromatic heterocycles. The number of ether oxygens (including phenoxy) is 1. The molecule has 152 valence electrons. The summed E-state index contributed by atoms with van der Waals surface area (Å²) in [7, 11) is -3.77. The number of hydrogen-bond acceptors (Lipinski definition) is 5. The quantitative estimate of drug-likeness (QED) is 0.581. The van der Waals surface area contributed by atoms with Crippen LogP contribution < -0.4 is 10.1 Å². The number of amides is 1. The maximum Gasteiger partial charge on any atom is 0.257 e. The molecule has 0 bridgehead atoms. The third kappa shape index (κ3) is 5.40. The number of furan rings is 1. The van der Waals surface area contributed by atoms with Gasteiger partial charge in [-0.15, -0.1) is 0 Å². The fourth-order valence-electron chi connectivity index (χ4n) is 2.67. The van der Waals surface area contributed by atoms with Gasteiger partial charge in [0, 0.05) is 11.6 Å². The highest BCUT2D eigenvalue weighted by molar-refractivity contribution is 7.91. The Hall–Kier alpha value is -2.77. The minimum atomic E-state index is -3.77. The molecule has 3 rings (SSSR count). The van der Waals surface area contributed by atoms with Gasteiger partial charge >= 0.3 is 0 Å². The molecule has 29 heavy (non-hydrogen) atoms. The van der Waals surface area contributed by atoms with Crippen molar-refractivity contribution in [1.29, 1.82) is 0 Å². The molecule has 0 spiro atoms. The highest BCUT2D eigenvalue weighted by Crippen LogP contribution is 2.29. The van der Waals surface area contributed by atoms with Crippen molar-refractivity contribution in [2.45, 2.75) is 17.1 Å². The van der Waals surface area contributed by atoms with Crippen LogP contribution in [-0.2, 0) is 14.6 Å². The van der Waals surface area contributed by atoms with E-state index < -0.39 is 21.0 Å². The summed E-state index contributed by atoms with van der Waals surface area (Å²) in [4.78, 5) is 12.3. The fourth-order valence-corrected chi connectivity index (χ4v) is 4.38. The second-order valence-corrected chi connectivity index (χ2v) is 8.98. The zero-order valence-electron chi connectivity index (χ0n) is 15.7. The number of rotatable bonds is 8. The minimum absolute atomic E-state index is 0.146. The topological polar surface area (TPSA) is 85.6 Å². The first-order valence-corrected chi connectivity index (χ1v) is 10.8. The summed E-state index contributed by atoms with van der Waals surface area (Å²) in [6.45, 7) is 1.48. The van der Waals surface area contributed by atoms with E-state index in [2.05, 4.69) is 5.32 Å². The molecule has 0 saturated heterocycles. The van der Waals surface area contributed by atoms with Gasteiger partial charge in [0.05, 0.1) is 11.2 Å². The van der Waals surface area contributed by atoms with Crippen LogP contribution in [0.1, 0.15) is 16.6 Å². The van der Waals surface area contributed by atoms with Crippen LogP contribution >= 0.6 is 11.6 Å². The van der Waals surface area contributed by atoms with E-state index >= 15 is 0 Å². The Bertz CT molecular complexity index is 1050. The maximum absolute atomic E-state index is 13.1. The lowest BCUT2D eigenvalue weighted by atomic mass is 10.2. The van der Waals surface area contributed by atoms with E-state index in [0.717, 1.165) is 5.56 Å². The Morgan fingerprint density at radius 1 is 1.10 bits per heavy atom. The Balaban J connectivity index is 1.69. The summed E-state index contributed by atoms with van der Waals surface area (Å²) < 4.78 is 36.9. The van der Waals surface area contributed by atoms with Crippen molar-refractivity contribution in [3.05, 3.63) is 83.3 Å². The molecule has 8 heteroatoms. The van der Waals surface area contributed by atoms with Crippen molar-refractivity contribution in [2.24, 2.45) is 0 Å². The van der Waals surface area contributed by atoms with Crippen LogP contribution in [0.2, 0.25) is 5.02 Å². The molecule has 0 fully saturated rings. The minimum Gasteiger partial charge on any atom is -0.484 e. The molecule has 6 nitrogen and oxygen atoms in total. The van der Waals surface area contributed by atoms with E-state index in [0.29, 0.717) is 10.8 Å². The highest BCUT2D eigenvalue weighted by Gasteiger charge is 2.31. The largest absolute Gasteiger partial charge is 0.484 e. The van der Waals surface area contributed by atoms with E-state index in [-0.39, 0.29) is 23.8 Å². The average Bonchev–Trinajstić information content (AvgIpc) is 3.22. The zero-order chi connectivity index (χ0) is 20.9. The SMILES string of the molecule is Cc1ccc(S(=O)(=O)[C@H](CNC(=O)COc2ccc(Cl)cc2)c2ccco2)cc1. The van der Waals surface area contributed by atoms with Crippen LogP contribution in [0.3, 0.4) is 0 Å². The van der Waals surface area contributed by atoms with Crippen molar-refractivity contribution < 1.29 is 22.4 Å². The molecule has 0 unspecified atom stereocenters. The number of benzene rings is 2. The number of nitrogens with one attached hydrogen (secondary N) is 1. The number of halogens is 1. The molecular weight excluding hydrogens is 414 g/mol. The summed E-state index contributed by atoms with van der Waals surface area (Å²) in [5, 5.41) is 2.11. The highest BCUT2D eigenvalue weighted by atomic mass is 35.5. The lowest BCUT2D eigenvalue weighted by Crippen LogP contribution is -2.34. The molecule has 0 radical (unpaired) electrons. The molecule has 0 aliphatic rings. The first kappa shape index (κ1) is 21.0. The van der Waals surface area contributed by atoms with Crippen LogP contribution in [0.4, 0.5) is 0 Å². The molecule has 1 N–H and O–H groups in total. The van der Waals surface area contributed by atoms with Gasteiger partial charge < -0.3 is 14.5 Å². The first-order chi connectivity index (χ1) is 13.9. The molecule has 2 aromatic carbocycles. The Kier molecular flexibility index (Phi) is 6.61. The molecule has 0 saturated carbocycles. The van der Waals surface area contributed by atoms with Gasteiger partial charge in [0.1, 0.15) is 16.8 Å². The van der Waals surface area contributed by atoms with E-state index in [1.54, 1.807) is 60.7 Å². The standard InChI is InChI=1S/C21H20ClNO5S/c1-15-4-10-18(11-5-15)29(25,26)20(19-3-2-12-27-19)13-23-21(24)14-28-17-8-6-16(22)7-9-17/h2-12,20H,13-14H2,1H3,(H,23,24)/t20-/m1/s1. The predicted molar refractivity (Wildman–Crippen MR) is 110 cm³/mol. The van der Waals surface area contributed by atoms with E-state index in [4.69, 9.17) is 20.8 Å². The third-order valence-corrected chi connectivity index (χ3v) is 6.58. The van der Waals surface area contributed by atoms with Crippen LogP contribution in [0, 0.1) is 6.92 Å². The van der Waals surface area contributed by atoms with Gasteiger partial charge in [-0.1, -0.05) is 29.3 Å². The van der Waals surface area contributed by atoms with Crippen LogP contribution in [0.15, 0.2) is 76.2 Å². The monoisotopic (exact) mass is 433 g/mol. The zero-order valence-corrected chi connectivity index (χ0v) is 17.2. The van der Waals surface area contributed by atoms with Gasteiger partial charge in [0.2, 0.25) is 0 Å². The average molecular weight is 434 g/mol. The molecule has 0 aliphatic heterocycles. The number of carbonyl (C=O) groups excluding carboxylic acids is 1. The van der Waals surface area contributed by atoms with Gasteiger partial charge in [-0.2, -0.15) is 0 Å². The van der Waals surface area contributed by atoms with Crippen LogP contribution in [-0.4, -0.2) is 27.5 Å². The summed E-state index contributed by atoms with van der Waals surface area (Å²) in [5.74, 6) is 0.291. The van der Waals surface area contributed by atoms with Gasteiger partial charge in [-0.3, -0.25) is 4.79 Å². The van der Waals surface area contributed by atoms with E-state index in [1.807, 2.05) is 6.92 Å². The second-order valence-electron chi connectivity index (χ2n) is 6.41. The van der Waals surface area contributed by atoms with Crippen LogP contribution in [0.5, 0.6) is 5.75 Å². The number of carbonyl (C=O) groups is 1. The number of sulfone groups is 1. The fraction of sp³-hybridized carbons (Fsp3) is 0.190. The van der Waals surface area contributed by atoms with Gasteiger partial charge in [0.15, 0.2) is 16.4 Å². The van der Waals surface area contributed by atoms with Crippen molar-refractivity contribution in [3.8, 4) is 5.75 Å².